The molecule has 7 heteroatoms. The lowest BCUT2D eigenvalue weighted by Gasteiger charge is -1.99. The van der Waals surface area contributed by atoms with Crippen LogP contribution in [-0.2, 0) is 4.79 Å². The minimum atomic E-state index is -0.828. The molecule has 1 heterocycles. The summed E-state index contributed by atoms with van der Waals surface area (Å²) in [4.78, 5) is 14.6. The van der Waals surface area contributed by atoms with Crippen molar-refractivity contribution >= 4 is 41.0 Å². The van der Waals surface area contributed by atoms with E-state index in [-0.39, 0.29) is 0 Å². The number of rotatable bonds is 4. The van der Waals surface area contributed by atoms with E-state index >= 15 is 0 Å². The molecule has 4 nitrogen and oxygen atoms in total. The molecule has 0 aromatic carbocycles. The van der Waals surface area contributed by atoms with Gasteiger partial charge in [-0.1, -0.05) is 23.5 Å². The Morgan fingerprint density at radius 1 is 1.69 bits per heavy atom. The van der Waals surface area contributed by atoms with E-state index in [1.165, 1.54) is 35.1 Å². The molecule has 0 radical (unpaired) electrons. The highest BCUT2D eigenvalue weighted by molar-refractivity contribution is 8.02. The molecule has 0 unspecified atom stereocenters. The van der Waals surface area contributed by atoms with Gasteiger partial charge in [-0.05, 0) is 24.7 Å². The molecule has 13 heavy (non-hydrogen) atoms. The number of hydrogen-bond acceptors (Lipinski definition) is 6. The summed E-state index contributed by atoms with van der Waals surface area (Å²) in [7, 11) is 0. The highest BCUT2D eigenvalue weighted by atomic mass is 32.2. The fourth-order valence-corrected chi connectivity index (χ4v) is 2.82. The van der Waals surface area contributed by atoms with Crippen molar-refractivity contribution in [1.82, 2.24) is 9.36 Å². The van der Waals surface area contributed by atoms with Gasteiger partial charge in [0.2, 0.25) is 5.16 Å². The molecule has 0 aliphatic rings. The number of carbonyl (C=O) groups is 1. The van der Waals surface area contributed by atoms with Gasteiger partial charge in [0, 0.05) is 0 Å². The number of aliphatic carboxylic acids is 1. The minimum Gasteiger partial charge on any atom is -0.480 e. The van der Waals surface area contributed by atoms with Crippen LogP contribution in [0.5, 0.6) is 0 Å². The average Bonchev–Trinajstić information content (AvgIpc) is 2.52. The molecule has 0 fully saturated rings. The molecule has 1 aromatic heterocycles. The summed E-state index contributed by atoms with van der Waals surface area (Å²) in [5, 5.41) is 8.87. The molecule has 72 valence electrons. The second-order valence-electron chi connectivity index (χ2n) is 2.15. The van der Waals surface area contributed by atoms with Crippen LogP contribution in [0.15, 0.2) is 9.50 Å². The van der Waals surface area contributed by atoms with E-state index in [0.717, 1.165) is 0 Å². The third kappa shape index (κ3) is 3.17. The monoisotopic (exact) mass is 236 g/mol. The van der Waals surface area contributed by atoms with Crippen LogP contribution in [0.2, 0.25) is 0 Å². The second kappa shape index (κ2) is 4.83. The van der Waals surface area contributed by atoms with Gasteiger partial charge in [-0.25, -0.2) is 4.98 Å². The fourth-order valence-electron chi connectivity index (χ4n) is 0.529. The molecule has 1 rings (SSSR count). The highest BCUT2D eigenvalue weighted by Crippen LogP contribution is 2.26. The van der Waals surface area contributed by atoms with Crippen molar-refractivity contribution in [3.8, 4) is 0 Å². The van der Waals surface area contributed by atoms with Gasteiger partial charge in [0.25, 0.3) is 0 Å². The Balaban J connectivity index is 2.58. The molecule has 0 spiro atoms. The third-order valence-electron chi connectivity index (χ3n) is 1.20. The molecule has 1 aromatic rings. The van der Waals surface area contributed by atoms with Crippen molar-refractivity contribution < 1.29 is 9.90 Å². The van der Waals surface area contributed by atoms with Crippen molar-refractivity contribution in [2.24, 2.45) is 0 Å². The van der Waals surface area contributed by atoms with Gasteiger partial charge in [-0.3, -0.25) is 4.79 Å². The van der Waals surface area contributed by atoms with Gasteiger partial charge in [-0.15, -0.1) is 0 Å². The normalized spacial score (nSPS) is 12.8. The third-order valence-corrected chi connectivity index (χ3v) is 3.73. The Morgan fingerprint density at radius 2 is 2.38 bits per heavy atom. The number of hydrogen-bond donors (Lipinski definition) is 1. The molecule has 1 atom stereocenters. The van der Waals surface area contributed by atoms with E-state index < -0.39 is 11.2 Å². The molecular weight excluding hydrogens is 228 g/mol. The van der Waals surface area contributed by atoms with Gasteiger partial charge in [-0.2, -0.15) is 4.37 Å². The summed E-state index contributed by atoms with van der Waals surface area (Å²) in [6.45, 7) is 1.63. The Labute approximate surface area is 88.3 Å². The van der Waals surface area contributed by atoms with Crippen molar-refractivity contribution in [2.45, 2.75) is 21.7 Å². The molecule has 1 N–H and O–H groups in total. The molecule has 0 aliphatic heterocycles. The predicted molar refractivity (Wildman–Crippen MR) is 54.6 cm³/mol. The van der Waals surface area contributed by atoms with Gasteiger partial charge >= 0.3 is 5.97 Å². The molecule has 0 bridgehead atoms. The van der Waals surface area contributed by atoms with Crippen molar-refractivity contribution in [1.29, 1.82) is 0 Å². The largest absolute Gasteiger partial charge is 0.480 e. The summed E-state index contributed by atoms with van der Waals surface area (Å²) in [6.07, 6.45) is 1.89. The van der Waals surface area contributed by atoms with E-state index in [1.54, 1.807) is 6.92 Å². The zero-order valence-electron chi connectivity index (χ0n) is 7.05. The van der Waals surface area contributed by atoms with Crippen LogP contribution in [0.4, 0.5) is 0 Å². The first kappa shape index (κ1) is 10.8. The average molecular weight is 236 g/mol. The van der Waals surface area contributed by atoms with E-state index in [2.05, 4.69) is 9.36 Å². The first-order valence-electron chi connectivity index (χ1n) is 3.40. The zero-order valence-corrected chi connectivity index (χ0v) is 9.50. The van der Waals surface area contributed by atoms with Crippen LogP contribution in [0.3, 0.4) is 0 Å². The van der Waals surface area contributed by atoms with Crippen molar-refractivity contribution in [2.75, 3.05) is 6.26 Å². The quantitative estimate of drug-likeness (QED) is 0.805. The van der Waals surface area contributed by atoms with Crippen LogP contribution in [-0.4, -0.2) is 31.9 Å². The summed E-state index contributed by atoms with van der Waals surface area (Å²) in [5.41, 5.74) is 0. The van der Waals surface area contributed by atoms with Crippen molar-refractivity contribution in [3.63, 3.8) is 0 Å². The summed E-state index contributed by atoms with van der Waals surface area (Å²) >= 11 is 3.91. The van der Waals surface area contributed by atoms with E-state index in [1.807, 2.05) is 6.26 Å². The minimum absolute atomic E-state index is 0.470. The lowest BCUT2D eigenvalue weighted by Crippen LogP contribution is -2.10. The number of carboxylic acids is 1. The number of thioether (sulfide) groups is 2. The Hall–Kier alpha value is -0.270. The Bertz CT molecular complexity index is 302. The first-order valence-corrected chi connectivity index (χ1v) is 6.28. The van der Waals surface area contributed by atoms with Gasteiger partial charge in [0.05, 0.1) is 0 Å². The summed E-state index contributed by atoms with van der Waals surface area (Å²) in [5.74, 6) is -0.828. The van der Waals surface area contributed by atoms with Crippen molar-refractivity contribution in [3.05, 3.63) is 0 Å². The van der Waals surface area contributed by atoms with E-state index in [0.29, 0.717) is 9.50 Å². The molecule has 0 amide bonds. The summed E-state index contributed by atoms with van der Waals surface area (Å²) in [6, 6.07) is 0. The van der Waals surface area contributed by atoms with Gasteiger partial charge in [0.1, 0.15) is 5.25 Å². The first-order chi connectivity index (χ1) is 6.13. The Kier molecular flexibility index (Phi) is 4.01. The lowest BCUT2D eigenvalue weighted by molar-refractivity contribution is -0.136. The lowest BCUT2D eigenvalue weighted by atomic mass is 10.5. The summed E-state index contributed by atoms with van der Waals surface area (Å²) < 4.78 is 4.73. The smallest absolute Gasteiger partial charge is 0.316 e. The van der Waals surface area contributed by atoms with E-state index in [9.17, 15) is 4.79 Å². The SMILES string of the molecule is CSc1nsc(S[C@@H](C)C(=O)O)n1. The fraction of sp³-hybridized carbons (Fsp3) is 0.500. The van der Waals surface area contributed by atoms with Crippen LogP contribution in [0, 0.1) is 0 Å². The van der Waals surface area contributed by atoms with Gasteiger partial charge in [0.15, 0.2) is 4.34 Å². The Morgan fingerprint density at radius 3 is 2.85 bits per heavy atom. The van der Waals surface area contributed by atoms with Crippen LogP contribution in [0.1, 0.15) is 6.92 Å². The van der Waals surface area contributed by atoms with Crippen LogP contribution >= 0.6 is 35.1 Å². The predicted octanol–water partition coefficient (Wildman–Crippen LogP) is 1.83. The molecular formula is C6H8N2O2S3. The maximum Gasteiger partial charge on any atom is 0.316 e. The number of aromatic nitrogens is 2. The topological polar surface area (TPSA) is 63.1 Å². The molecule has 0 aliphatic carbocycles. The van der Waals surface area contributed by atoms with Gasteiger partial charge < -0.3 is 5.11 Å². The van der Waals surface area contributed by atoms with Crippen LogP contribution < -0.4 is 0 Å². The second-order valence-corrected chi connectivity index (χ2v) is 5.26. The highest BCUT2D eigenvalue weighted by Gasteiger charge is 2.15. The standard InChI is InChI=1S/C6H8N2O2S3/c1-3(4(9)10)12-6-7-5(11-2)8-13-6/h3H,1-2H3,(H,9,10)/t3-/m0/s1. The number of nitrogens with zero attached hydrogens (tertiary/aromatic N) is 2. The zero-order chi connectivity index (χ0) is 9.84. The molecule has 0 saturated heterocycles. The van der Waals surface area contributed by atoms with Crippen LogP contribution in [0.25, 0.3) is 0 Å². The molecule has 0 saturated carbocycles. The number of carboxylic acid groups (broad SMARTS) is 1. The maximum atomic E-state index is 10.5. The maximum absolute atomic E-state index is 10.5. The van der Waals surface area contributed by atoms with E-state index in [4.69, 9.17) is 5.11 Å².